The highest BCUT2D eigenvalue weighted by atomic mass is 32.2. The van der Waals surface area contributed by atoms with Crippen LogP contribution in [0.2, 0.25) is 0 Å². The van der Waals surface area contributed by atoms with Gasteiger partial charge in [0.25, 0.3) is 5.91 Å². The number of benzene rings is 1. The molecule has 1 fully saturated rings. The van der Waals surface area contributed by atoms with E-state index in [9.17, 15) is 18.0 Å². The molecule has 1 aromatic carbocycles. The van der Waals surface area contributed by atoms with Gasteiger partial charge < -0.3 is 10.1 Å². The summed E-state index contributed by atoms with van der Waals surface area (Å²) in [6.07, 6.45) is 4.57. The van der Waals surface area contributed by atoms with E-state index in [0.717, 1.165) is 12.8 Å². The first kappa shape index (κ1) is 19.1. The lowest BCUT2D eigenvalue weighted by atomic mass is 10.3. The molecule has 3 rings (SSSR count). The Morgan fingerprint density at radius 3 is 2.44 bits per heavy atom. The molecule has 144 valence electrons. The summed E-state index contributed by atoms with van der Waals surface area (Å²) >= 11 is 0. The highest BCUT2D eigenvalue weighted by molar-refractivity contribution is 7.89. The number of sulfonamides is 1. The first-order chi connectivity index (χ1) is 12.9. The summed E-state index contributed by atoms with van der Waals surface area (Å²) in [6, 6.07) is 5.91. The van der Waals surface area contributed by atoms with Crippen molar-refractivity contribution < 1.29 is 22.7 Å². The SMILES string of the molecule is Cn1cc(C(=O)OCC(=O)Nc2ccc(S(=O)(=O)N3CCCC3)cc2)cn1. The van der Waals surface area contributed by atoms with E-state index >= 15 is 0 Å². The summed E-state index contributed by atoms with van der Waals surface area (Å²) in [7, 11) is -1.83. The van der Waals surface area contributed by atoms with Crippen LogP contribution in [-0.4, -0.2) is 54.1 Å². The molecule has 1 N–H and O–H groups in total. The predicted octanol–water partition coefficient (Wildman–Crippen LogP) is 1.00. The lowest BCUT2D eigenvalue weighted by Gasteiger charge is -2.15. The van der Waals surface area contributed by atoms with Crippen LogP contribution >= 0.6 is 0 Å². The fourth-order valence-electron chi connectivity index (χ4n) is 2.73. The maximum atomic E-state index is 12.5. The van der Waals surface area contributed by atoms with E-state index in [1.807, 2.05) is 0 Å². The van der Waals surface area contributed by atoms with Gasteiger partial charge in [0.15, 0.2) is 6.61 Å². The first-order valence-electron chi connectivity index (χ1n) is 8.42. The van der Waals surface area contributed by atoms with Crippen molar-refractivity contribution >= 4 is 27.6 Å². The Kier molecular flexibility index (Phi) is 5.57. The molecule has 2 aromatic rings. The number of aromatic nitrogens is 2. The highest BCUT2D eigenvalue weighted by Gasteiger charge is 2.26. The standard InChI is InChI=1S/C17H20N4O5S/c1-20-11-13(10-18-20)17(23)26-12-16(22)19-14-4-6-15(7-5-14)27(24,25)21-8-2-3-9-21/h4-7,10-11H,2-3,8-9,12H2,1H3,(H,19,22). The minimum absolute atomic E-state index is 0.186. The lowest BCUT2D eigenvalue weighted by Crippen LogP contribution is -2.27. The molecule has 0 radical (unpaired) electrons. The van der Waals surface area contributed by atoms with Crippen molar-refractivity contribution in [3.05, 3.63) is 42.2 Å². The second-order valence-corrected chi connectivity index (χ2v) is 8.10. The number of aryl methyl sites for hydroxylation is 1. The van der Waals surface area contributed by atoms with Crippen LogP contribution in [0.5, 0.6) is 0 Å². The molecule has 27 heavy (non-hydrogen) atoms. The number of esters is 1. The maximum absolute atomic E-state index is 12.5. The van der Waals surface area contributed by atoms with Crippen molar-refractivity contribution in [2.24, 2.45) is 7.05 Å². The van der Waals surface area contributed by atoms with Gasteiger partial charge in [-0.25, -0.2) is 13.2 Å². The smallest absolute Gasteiger partial charge is 0.341 e. The monoisotopic (exact) mass is 392 g/mol. The van der Waals surface area contributed by atoms with Gasteiger partial charge in [-0.2, -0.15) is 9.40 Å². The summed E-state index contributed by atoms with van der Waals surface area (Å²) in [6.45, 7) is 0.605. The Labute approximate surface area is 157 Å². The predicted molar refractivity (Wildman–Crippen MR) is 96.6 cm³/mol. The molecule has 0 atom stereocenters. The summed E-state index contributed by atoms with van der Waals surface area (Å²) < 4.78 is 32.7. The van der Waals surface area contributed by atoms with E-state index in [0.29, 0.717) is 18.8 Å². The van der Waals surface area contributed by atoms with Crippen molar-refractivity contribution in [1.82, 2.24) is 14.1 Å². The number of nitrogens with one attached hydrogen (secondary N) is 1. The molecule has 10 heteroatoms. The van der Waals surface area contributed by atoms with Gasteiger partial charge in [-0.15, -0.1) is 0 Å². The Morgan fingerprint density at radius 1 is 1.19 bits per heavy atom. The van der Waals surface area contributed by atoms with E-state index in [2.05, 4.69) is 10.4 Å². The molecule has 0 unspecified atom stereocenters. The Hall–Kier alpha value is -2.72. The zero-order valence-electron chi connectivity index (χ0n) is 14.8. The van der Waals surface area contributed by atoms with Crippen molar-refractivity contribution in [2.75, 3.05) is 25.0 Å². The number of hydrogen-bond donors (Lipinski definition) is 1. The molecule has 0 bridgehead atoms. The number of hydrogen-bond acceptors (Lipinski definition) is 6. The largest absolute Gasteiger partial charge is 0.452 e. The topological polar surface area (TPSA) is 111 Å². The number of amides is 1. The van der Waals surface area contributed by atoms with Gasteiger partial charge >= 0.3 is 5.97 Å². The van der Waals surface area contributed by atoms with Gasteiger partial charge in [0.1, 0.15) is 0 Å². The minimum atomic E-state index is -3.49. The van der Waals surface area contributed by atoms with Crippen LogP contribution < -0.4 is 5.32 Å². The molecule has 0 saturated carbocycles. The van der Waals surface area contributed by atoms with Crippen molar-refractivity contribution in [3.8, 4) is 0 Å². The zero-order chi connectivity index (χ0) is 19.4. The average molecular weight is 392 g/mol. The molecule has 0 aliphatic carbocycles. The van der Waals surface area contributed by atoms with Crippen molar-refractivity contribution in [2.45, 2.75) is 17.7 Å². The molecule has 1 amide bonds. The lowest BCUT2D eigenvalue weighted by molar-refractivity contribution is -0.119. The molecule has 1 aromatic heterocycles. The van der Waals surface area contributed by atoms with E-state index in [-0.39, 0.29) is 10.5 Å². The second-order valence-electron chi connectivity index (χ2n) is 6.16. The third kappa shape index (κ3) is 4.52. The van der Waals surface area contributed by atoms with E-state index in [4.69, 9.17) is 4.74 Å². The third-order valence-corrected chi connectivity index (χ3v) is 6.03. The number of anilines is 1. The summed E-state index contributed by atoms with van der Waals surface area (Å²) in [5.74, 6) is -1.17. The second kappa shape index (κ2) is 7.89. The van der Waals surface area contributed by atoms with Gasteiger partial charge in [0.2, 0.25) is 10.0 Å². The Morgan fingerprint density at radius 2 is 1.85 bits per heavy atom. The third-order valence-electron chi connectivity index (χ3n) is 4.12. The number of rotatable bonds is 6. The van der Waals surface area contributed by atoms with E-state index < -0.39 is 28.5 Å². The maximum Gasteiger partial charge on any atom is 0.341 e. The van der Waals surface area contributed by atoms with Gasteiger partial charge in [-0.05, 0) is 37.1 Å². The summed E-state index contributed by atoms with van der Waals surface area (Å²) in [4.78, 5) is 23.9. The van der Waals surface area contributed by atoms with Crippen LogP contribution in [-0.2, 0) is 26.6 Å². The molecular weight excluding hydrogens is 372 g/mol. The molecule has 1 aliphatic rings. The van der Waals surface area contributed by atoms with E-state index in [1.54, 1.807) is 7.05 Å². The first-order valence-corrected chi connectivity index (χ1v) is 9.86. The number of carbonyl (C=O) groups excluding carboxylic acids is 2. The fraction of sp³-hybridized carbons (Fsp3) is 0.353. The number of ether oxygens (including phenoxy) is 1. The zero-order valence-corrected chi connectivity index (χ0v) is 15.6. The van der Waals surface area contributed by atoms with Crippen molar-refractivity contribution in [1.29, 1.82) is 0 Å². The van der Waals surface area contributed by atoms with E-state index in [1.165, 1.54) is 45.6 Å². The Bertz CT molecular complexity index is 930. The summed E-state index contributed by atoms with van der Waals surface area (Å²) in [5.41, 5.74) is 0.666. The molecule has 1 aliphatic heterocycles. The van der Waals surface area contributed by atoms with Gasteiger partial charge in [-0.3, -0.25) is 9.48 Å². The number of carbonyl (C=O) groups is 2. The normalized spacial score (nSPS) is 14.9. The van der Waals surface area contributed by atoms with Gasteiger partial charge in [0.05, 0.1) is 16.7 Å². The Balaban J connectivity index is 1.54. The van der Waals surface area contributed by atoms with Gasteiger partial charge in [-0.1, -0.05) is 0 Å². The van der Waals surface area contributed by atoms with Crippen LogP contribution in [0.25, 0.3) is 0 Å². The number of nitrogens with zero attached hydrogens (tertiary/aromatic N) is 3. The van der Waals surface area contributed by atoms with Crippen molar-refractivity contribution in [3.63, 3.8) is 0 Å². The fourth-order valence-corrected chi connectivity index (χ4v) is 4.24. The van der Waals surface area contributed by atoms with Gasteiger partial charge in [0, 0.05) is 32.0 Å². The quantitative estimate of drug-likeness (QED) is 0.735. The average Bonchev–Trinajstić information content (AvgIpc) is 3.32. The minimum Gasteiger partial charge on any atom is -0.452 e. The molecule has 0 spiro atoms. The molecular formula is C17H20N4O5S. The van der Waals surface area contributed by atoms with Crippen LogP contribution in [0.15, 0.2) is 41.6 Å². The molecule has 9 nitrogen and oxygen atoms in total. The molecule has 2 heterocycles. The van der Waals surface area contributed by atoms with Crippen LogP contribution in [0, 0.1) is 0 Å². The molecule has 1 saturated heterocycles. The van der Waals surface area contributed by atoms with Crippen LogP contribution in [0.4, 0.5) is 5.69 Å². The van der Waals surface area contributed by atoms with Crippen LogP contribution in [0.1, 0.15) is 23.2 Å². The summed E-state index contributed by atoms with van der Waals surface area (Å²) in [5, 5.41) is 6.41. The highest BCUT2D eigenvalue weighted by Crippen LogP contribution is 2.22. The van der Waals surface area contributed by atoms with Crippen LogP contribution in [0.3, 0.4) is 0 Å².